The molecule has 0 aliphatic heterocycles. The fourth-order valence-electron chi connectivity index (χ4n) is 4.63. The number of aryl methyl sites for hydroxylation is 1. The Hall–Kier alpha value is -2.79. The molecule has 5 nitrogen and oxygen atoms in total. The molecule has 4 rings (SSSR count). The van der Waals surface area contributed by atoms with Crippen molar-refractivity contribution in [2.45, 2.75) is 52.5 Å². The summed E-state index contributed by atoms with van der Waals surface area (Å²) >= 11 is 6.16. The van der Waals surface area contributed by atoms with Gasteiger partial charge in [0.25, 0.3) is 0 Å². The van der Waals surface area contributed by atoms with Crippen LogP contribution in [0.15, 0.2) is 48.5 Å². The van der Waals surface area contributed by atoms with Gasteiger partial charge < -0.3 is 10.0 Å². The van der Waals surface area contributed by atoms with Gasteiger partial charge in [0.2, 0.25) is 0 Å². The first kappa shape index (κ1) is 22.4. The van der Waals surface area contributed by atoms with E-state index in [-0.39, 0.29) is 5.92 Å². The fraction of sp³-hybridized carbons (Fsp3) is 0.385. The molecule has 3 aromatic rings. The lowest BCUT2D eigenvalue weighted by Gasteiger charge is -2.35. The van der Waals surface area contributed by atoms with Gasteiger partial charge in [0.15, 0.2) is 0 Å². The van der Waals surface area contributed by atoms with Crippen LogP contribution >= 0.6 is 11.6 Å². The van der Waals surface area contributed by atoms with Crippen LogP contribution in [0.3, 0.4) is 0 Å². The van der Waals surface area contributed by atoms with Gasteiger partial charge in [0.05, 0.1) is 17.1 Å². The van der Waals surface area contributed by atoms with Gasteiger partial charge in [-0.15, -0.1) is 0 Å². The molecule has 168 valence electrons. The highest BCUT2D eigenvalue weighted by molar-refractivity contribution is 6.30. The van der Waals surface area contributed by atoms with Crippen LogP contribution in [0.5, 0.6) is 0 Å². The number of hydrogen-bond acceptors (Lipinski definition) is 2. The van der Waals surface area contributed by atoms with E-state index in [9.17, 15) is 9.90 Å². The van der Waals surface area contributed by atoms with E-state index < -0.39 is 11.6 Å². The zero-order valence-corrected chi connectivity index (χ0v) is 19.9. The number of nitrogens with zero attached hydrogens (tertiary/aromatic N) is 3. The number of carboxylic acid groups (broad SMARTS) is 1. The molecular weight excluding hydrogens is 422 g/mol. The van der Waals surface area contributed by atoms with Crippen LogP contribution in [0.2, 0.25) is 5.02 Å². The Balaban J connectivity index is 1.76. The molecule has 32 heavy (non-hydrogen) atoms. The first-order valence-electron chi connectivity index (χ1n) is 11.1. The third kappa shape index (κ3) is 4.26. The number of amides is 1. The normalized spacial score (nSPS) is 15.6. The van der Waals surface area contributed by atoms with Crippen molar-refractivity contribution >= 4 is 17.7 Å². The molecule has 0 spiro atoms. The van der Waals surface area contributed by atoms with Crippen LogP contribution in [0.4, 0.5) is 4.79 Å². The average molecular weight is 452 g/mol. The average Bonchev–Trinajstić information content (AvgIpc) is 3.29. The minimum absolute atomic E-state index is 0.213. The largest absolute Gasteiger partial charge is 0.465 e. The third-order valence-electron chi connectivity index (χ3n) is 6.24. The monoisotopic (exact) mass is 451 g/mol. The van der Waals surface area contributed by atoms with Gasteiger partial charge in [0.1, 0.15) is 0 Å². The summed E-state index contributed by atoms with van der Waals surface area (Å²) in [5.74, 6) is 0.213. The number of rotatable bonds is 5. The van der Waals surface area contributed by atoms with Gasteiger partial charge in [-0.2, -0.15) is 5.10 Å². The Kier molecular flexibility index (Phi) is 6.04. The molecule has 1 atom stereocenters. The molecule has 1 N–H and O–H groups in total. The molecule has 0 bridgehead atoms. The number of benzene rings is 2. The van der Waals surface area contributed by atoms with Crippen LogP contribution in [0.25, 0.3) is 16.9 Å². The first-order chi connectivity index (χ1) is 15.2. The summed E-state index contributed by atoms with van der Waals surface area (Å²) in [4.78, 5) is 13.4. The number of fused-ring (bicyclic) bond motifs is 1. The summed E-state index contributed by atoms with van der Waals surface area (Å²) in [6, 6.07) is 16.3. The summed E-state index contributed by atoms with van der Waals surface area (Å²) in [6.45, 7) is 8.48. The van der Waals surface area contributed by atoms with Crippen molar-refractivity contribution in [3.63, 3.8) is 0 Å². The molecule has 0 saturated heterocycles. The van der Waals surface area contributed by atoms with E-state index in [0.717, 1.165) is 41.9 Å². The molecule has 0 fully saturated rings. The maximum atomic E-state index is 11.9. The zero-order valence-electron chi connectivity index (χ0n) is 19.1. The van der Waals surface area contributed by atoms with Crippen LogP contribution in [0, 0.1) is 5.92 Å². The van der Waals surface area contributed by atoms with Crippen molar-refractivity contribution in [1.29, 1.82) is 0 Å². The fourth-order valence-corrected chi connectivity index (χ4v) is 4.76. The second-order valence-corrected chi connectivity index (χ2v) is 9.95. The van der Waals surface area contributed by atoms with E-state index in [0.29, 0.717) is 11.6 Å². The van der Waals surface area contributed by atoms with E-state index in [4.69, 9.17) is 16.7 Å². The van der Waals surface area contributed by atoms with Crippen molar-refractivity contribution < 1.29 is 9.90 Å². The van der Waals surface area contributed by atoms with Crippen molar-refractivity contribution in [1.82, 2.24) is 14.7 Å². The lowest BCUT2D eigenvalue weighted by Crippen LogP contribution is -2.47. The minimum atomic E-state index is -0.873. The number of halogens is 1. The SMILES string of the molecule is CCc1ccccc1-n1nc2c(c1-c1ccc(Cl)cc1)CC(CN(C(=O)O)C(C)(C)C)C2. The molecule has 2 aromatic carbocycles. The maximum Gasteiger partial charge on any atom is 0.407 e. The Labute approximate surface area is 194 Å². The van der Waals surface area contributed by atoms with Crippen LogP contribution in [-0.2, 0) is 19.3 Å². The van der Waals surface area contributed by atoms with Crippen molar-refractivity contribution in [2.24, 2.45) is 5.92 Å². The summed E-state index contributed by atoms with van der Waals surface area (Å²) in [5, 5.41) is 15.5. The first-order valence-corrected chi connectivity index (χ1v) is 11.5. The summed E-state index contributed by atoms with van der Waals surface area (Å²) in [6.07, 6.45) is 1.63. The molecule has 6 heteroatoms. The molecule has 1 aliphatic carbocycles. The van der Waals surface area contributed by atoms with Crippen molar-refractivity contribution in [2.75, 3.05) is 6.54 Å². The van der Waals surface area contributed by atoms with Gasteiger partial charge in [-0.3, -0.25) is 0 Å². The highest BCUT2D eigenvalue weighted by atomic mass is 35.5. The molecular formula is C26H30ClN3O2. The summed E-state index contributed by atoms with van der Waals surface area (Å²) in [5.41, 5.74) is 6.31. The summed E-state index contributed by atoms with van der Waals surface area (Å²) < 4.78 is 2.07. The topological polar surface area (TPSA) is 58.4 Å². The number of aromatic nitrogens is 2. The van der Waals surface area contributed by atoms with Crippen molar-refractivity contribution in [3.8, 4) is 16.9 Å². The number of carbonyl (C=O) groups is 1. The lowest BCUT2D eigenvalue weighted by molar-refractivity contribution is 0.0895. The molecule has 1 aliphatic rings. The Morgan fingerprint density at radius 2 is 1.84 bits per heavy atom. The second kappa shape index (κ2) is 8.62. The molecule has 0 saturated carbocycles. The van der Waals surface area contributed by atoms with Crippen LogP contribution in [0.1, 0.15) is 44.5 Å². The van der Waals surface area contributed by atoms with E-state index >= 15 is 0 Å². The highest BCUT2D eigenvalue weighted by Crippen LogP contribution is 2.38. The highest BCUT2D eigenvalue weighted by Gasteiger charge is 2.35. The van der Waals surface area contributed by atoms with Gasteiger partial charge in [-0.05, 0) is 69.7 Å². The van der Waals surface area contributed by atoms with E-state index in [1.54, 1.807) is 4.90 Å². The maximum absolute atomic E-state index is 11.9. The summed E-state index contributed by atoms with van der Waals surface area (Å²) in [7, 11) is 0. The predicted octanol–water partition coefficient (Wildman–Crippen LogP) is 6.25. The standard InChI is InChI=1S/C26H30ClN3O2/c1-5-18-8-6-7-9-23(18)30-24(19-10-12-20(27)13-11-19)21-14-17(15-22(21)28-30)16-29(25(31)32)26(2,3)4/h6-13,17H,5,14-16H2,1-4H3,(H,31,32). The molecule has 0 radical (unpaired) electrons. The minimum Gasteiger partial charge on any atom is -0.465 e. The molecule has 1 unspecified atom stereocenters. The Bertz CT molecular complexity index is 1130. The predicted molar refractivity (Wildman–Crippen MR) is 129 cm³/mol. The van der Waals surface area contributed by atoms with Crippen molar-refractivity contribution in [3.05, 3.63) is 70.4 Å². The smallest absolute Gasteiger partial charge is 0.407 e. The van der Waals surface area contributed by atoms with E-state index in [2.05, 4.69) is 29.8 Å². The third-order valence-corrected chi connectivity index (χ3v) is 6.49. The quantitative estimate of drug-likeness (QED) is 0.498. The van der Waals surface area contributed by atoms with Crippen LogP contribution < -0.4 is 0 Å². The second-order valence-electron chi connectivity index (χ2n) is 9.51. The lowest BCUT2D eigenvalue weighted by atomic mass is 9.99. The number of para-hydroxylation sites is 1. The zero-order chi connectivity index (χ0) is 23.0. The van der Waals surface area contributed by atoms with Gasteiger partial charge >= 0.3 is 6.09 Å². The van der Waals surface area contributed by atoms with E-state index in [1.165, 1.54) is 11.1 Å². The molecule has 1 heterocycles. The van der Waals surface area contributed by atoms with E-state index in [1.807, 2.05) is 51.1 Å². The van der Waals surface area contributed by atoms with Gasteiger partial charge in [-0.25, -0.2) is 9.48 Å². The van der Waals surface area contributed by atoms with Crippen LogP contribution in [-0.4, -0.2) is 38.0 Å². The Morgan fingerprint density at radius 1 is 1.16 bits per heavy atom. The molecule has 1 aromatic heterocycles. The van der Waals surface area contributed by atoms with Gasteiger partial charge in [-0.1, -0.05) is 48.9 Å². The van der Waals surface area contributed by atoms with Gasteiger partial charge in [0, 0.05) is 28.2 Å². The number of hydrogen-bond donors (Lipinski definition) is 1. The molecule has 1 amide bonds. The Morgan fingerprint density at radius 3 is 2.47 bits per heavy atom.